The number of hydrogen-bond acceptors (Lipinski definition) is 2. The van der Waals surface area contributed by atoms with Gasteiger partial charge >= 0.3 is 6.18 Å². The molecule has 0 saturated carbocycles. The highest BCUT2D eigenvalue weighted by atomic mass is 35.5. The molecule has 0 aliphatic heterocycles. The van der Waals surface area contributed by atoms with Gasteiger partial charge in [-0.25, -0.2) is 4.68 Å². The van der Waals surface area contributed by atoms with Crippen LogP contribution in [0.3, 0.4) is 0 Å². The van der Waals surface area contributed by atoms with Gasteiger partial charge in [0.05, 0.1) is 22.0 Å². The highest BCUT2D eigenvalue weighted by Crippen LogP contribution is 2.33. The Balaban J connectivity index is 2.50. The maximum atomic E-state index is 12.7. The van der Waals surface area contributed by atoms with Crippen molar-refractivity contribution in [1.82, 2.24) is 9.78 Å². The van der Waals surface area contributed by atoms with E-state index >= 15 is 0 Å². The summed E-state index contributed by atoms with van der Waals surface area (Å²) in [5.41, 5.74) is 5.76. The van der Waals surface area contributed by atoms with Crippen molar-refractivity contribution in [2.45, 2.75) is 19.6 Å². The second-order valence-electron chi connectivity index (χ2n) is 4.05. The largest absolute Gasteiger partial charge is 0.416 e. The first kappa shape index (κ1) is 13.9. The normalized spacial score (nSPS) is 11.9. The zero-order valence-corrected chi connectivity index (χ0v) is 10.8. The van der Waals surface area contributed by atoms with Crippen LogP contribution in [0.5, 0.6) is 0 Å². The Kier molecular flexibility index (Phi) is 3.56. The fraction of sp³-hybridized carbons (Fsp3) is 0.250. The quantitative estimate of drug-likeness (QED) is 0.922. The van der Waals surface area contributed by atoms with Gasteiger partial charge in [-0.3, -0.25) is 0 Å². The molecule has 1 heterocycles. The Bertz CT molecular complexity index is 585. The van der Waals surface area contributed by atoms with Crippen LogP contribution in [0.25, 0.3) is 5.69 Å². The third-order valence-electron chi connectivity index (χ3n) is 2.72. The molecule has 0 aliphatic rings. The second kappa shape index (κ2) is 4.86. The minimum absolute atomic E-state index is 0.0225. The summed E-state index contributed by atoms with van der Waals surface area (Å²) in [4.78, 5) is 0. The molecule has 0 saturated heterocycles. The van der Waals surface area contributed by atoms with Crippen LogP contribution >= 0.6 is 11.6 Å². The van der Waals surface area contributed by atoms with Crippen LogP contribution in [-0.2, 0) is 12.7 Å². The standard InChI is InChI=1S/C12H11ClF3N3/c1-7-11(13)6-19(18-7)9-2-3-10(12(14,15)16)8(4-9)5-17/h2-4,6H,5,17H2,1H3. The van der Waals surface area contributed by atoms with Gasteiger partial charge < -0.3 is 5.73 Å². The molecule has 2 N–H and O–H groups in total. The third-order valence-corrected chi connectivity index (χ3v) is 3.09. The van der Waals surface area contributed by atoms with E-state index in [1.54, 1.807) is 13.1 Å². The molecule has 2 aromatic rings. The monoisotopic (exact) mass is 289 g/mol. The van der Waals surface area contributed by atoms with Gasteiger partial charge in [-0.05, 0) is 30.7 Å². The Morgan fingerprint density at radius 3 is 2.53 bits per heavy atom. The number of nitrogens with two attached hydrogens (primary N) is 1. The number of nitrogens with zero attached hydrogens (tertiary/aromatic N) is 2. The van der Waals surface area contributed by atoms with Gasteiger partial charge in [-0.15, -0.1) is 0 Å². The number of aromatic nitrogens is 2. The molecule has 102 valence electrons. The van der Waals surface area contributed by atoms with Crippen molar-refractivity contribution in [2.75, 3.05) is 0 Å². The molecule has 1 aromatic heterocycles. The first-order valence-electron chi connectivity index (χ1n) is 5.45. The molecule has 3 nitrogen and oxygen atoms in total. The van der Waals surface area contributed by atoms with Crippen LogP contribution in [0.2, 0.25) is 5.02 Å². The lowest BCUT2D eigenvalue weighted by Gasteiger charge is -2.13. The molecule has 19 heavy (non-hydrogen) atoms. The van der Waals surface area contributed by atoms with Gasteiger partial charge in [0.1, 0.15) is 0 Å². The predicted octanol–water partition coefficient (Wildman–Crippen LogP) is 3.31. The number of benzene rings is 1. The molecule has 0 atom stereocenters. The van der Waals surface area contributed by atoms with Crippen molar-refractivity contribution >= 4 is 11.6 Å². The number of rotatable bonds is 2. The van der Waals surface area contributed by atoms with E-state index in [-0.39, 0.29) is 12.1 Å². The van der Waals surface area contributed by atoms with E-state index in [0.717, 1.165) is 6.07 Å². The summed E-state index contributed by atoms with van der Waals surface area (Å²) in [5, 5.41) is 4.56. The van der Waals surface area contributed by atoms with Crippen molar-refractivity contribution in [1.29, 1.82) is 0 Å². The summed E-state index contributed by atoms with van der Waals surface area (Å²) < 4.78 is 39.6. The van der Waals surface area contributed by atoms with Crippen molar-refractivity contribution < 1.29 is 13.2 Å². The Morgan fingerprint density at radius 1 is 1.37 bits per heavy atom. The molecule has 0 aliphatic carbocycles. The van der Waals surface area contributed by atoms with Crippen LogP contribution in [0.1, 0.15) is 16.8 Å². The maximum Gasteiger partial charge on any atom is 0.416 e. The van der Waals surface area contributed by atoms with Crippen LogP contribution < -0.4 is 5.73 Å². The van der Waals surface area contributed by atoms with Gasteiger partial charge in [0.2, 0.25) is 0 Å². The maximum absolute atomic E-state index is 12.7. The highest BCUT2D eigenvalue weighted by Gasteiger charge is 2.33. The second-order valence-corrected chi connectivity index (χ2v) is 4.46. The van der Waals surface area contributed by atoms with E-state index in [0.29, 0.717) is 16.4 Å². The van der Waals surface area contributed by atoms with Gasteiger partial charge in [0.25, 0.3) is 0 Å². The van der Waals surface area contributed by atoms with Crippen molar-refractivity contribution in [2.24, 2.45) is 5.73 Å². The molecule has 0 amide bonds. The topological polar surface area (TPSA) is 43.8 Å². The van der Waals surface area contributed by atoms with Crippen LogP contribution in [-0.4, -0.2) is 9.78 Å². The minimum atomic E-state index is -4.41. The van der Waals surface area contributed by atoms with Gasteiger partial charge in [0, 0.05) is 12.7 Å². The molecular weight excluding hydrogens is 279 g/mol. The molecule has 0 unspecified atom stereocenters. The fourth-order valence-corrected chi connectivity index (χ4v) is 1.87. The van der Waals surface area contributed by atoms with Gasteiger partial charge in [0.15, 0.2) is 0 Å². The first-order chi connectivity index (χ1) is 8.82. The number of halogens is 4. The molecule has 0 spiro atoms. The van der Waals surface area contributed by atoms with Crippen LogP contribution in [0.4, 0.5) is 13.2 Å². The van der Waals surface area contributed by atoms with E-state index in [9.17, 15) is 13.2 Å². The van der Waals surface area contributed by atoms with E-state index in [1.165, 1.54) is 16.8 Å². The summed E-state index contributed by atoms with van der Waals surface area (Å²) in [5.74, 6) is 0. The zero-order chi connectivity index (χ0) is 14.2. The molecule has 0 fully saturated rings. The third kappa shape index (κ3) is 2.74. The highest BCUT2D eigenvalue weighted by molar-refractivity contribution is 6.31. The lowest BCUT2D eigenvalue weighted by atomic mass is 10.1. The number of alkyl halides is 3. The minimum Gasteiger partial charge on any atom is -0.326 e. The molecule has 7 heteroatoms. The number of aryl methyl sites for hydroxylation is 1. The van der Waals surface area contributed by atoms with Crippen molar-refractivity contribution in [3.63, 3.8) is 0 Å². The van der Waals surface area contributed by atoms with Crippen molar-refractivity contribution in [3.8, 4) is 5.69 Å². The lowest BCUT2D eigenvalue weighted by molar-refractivity contribution is -0.138. The van der Waals surface area contributed by atoms with Crippen molar-refractivity contribution in [3.05, 3.63) is 46.2 Å². The summed E-state index contributed by atoms with van der Waals surface area (Å²) in [6, 6.07) is 3.71. The molecular formula is C12H11ClF3N3. The zero-order valence-electron chi connectivity index (χ0n) is 10.0. The predicted molar refractivity (Wildman–Crippen MR) is 66.2 cm³/mol. The number of hydrogen-bond donors (Lipinski definition) is 1. The summed E-state index contributed by atoms with van der Waals surface area (Å²) in [7, 11) is 0. The van der Waals surface area contributed by atoms with Crippen LogP contribution in [0, 0.1) is 6.92 Å². The summed E-state index contributed by atoms with van der Waals surface area (Å²) in [6.45, 7) is 1.52. The van der Waals surface area contributed by atoms with E-state index in [2.05, 4.69) is 5.10 Å². The average molecular weight is 290 g/mol. The van der Waals surface area contributed by atoms with E-state index in [1.807, 2.05) is 0 Å². The van der Waals surface area contributed by atoms with Gasteiger partial charge in [-0.2, -0.15) is 18.3 Å². The molecule has 0 bridgehead atoms. The van der Waals surface area contributed by atoms with Crippen LogP contribution in [0.15, 0.2) is 24.4 Å². The fourth-order valence-electron chi connectivity index (χ4n) is 1.74. The smallest absolute Gasteiger partial charge is 0.326 e. The Labute approximate surface area is 112 Å². The Morgan fingerprint density at radius 2 is 2.05 bits per heavy atom. The van der Waals surface area contributed by atoms with E-state index in [4.69, 9.17) is 17.3 Å². The van der Waals surface area contributed by atoms with Gasteiger partial charge in [-0.1, -0.05) is 11.6 Å². The SMILES string of the molecule is Cc1nn(-c2ccc(C(F)(F)F)c(CN)c2)cc1Cl. The summed E-state index contributed by atoms with van der Waals surface area (Å²) in [6.07, 6.45) is -2.87. The lowest BCUT2D eigenvalue weighted by Crippen LogP contribution is -2.12. The molecule has 0 radical (unpaired) electrons. The Hall–Kier alpha value is -1.53. The first-order valence-corrected chi connectivity index (χ1v) is 5.83. The molecule has 1 aromatic carbocycles. The summed E-state index contributed by atoms with van der Waals surface area (Å²) >= 11 is 5.87. The van der Waals surface area contributed by atoms with E-state index < -0.39 is 11.7 Å². The average Bonchev–Trinajstić information content (AvgIpc) is 2.67. The molecule has 2 rings (SSSR count).